The first kappa shape index (κ1) is 13.5. The lowest BCUT2D eigenvalue weighted by Crippen LogP contribution is -2.18. The smallest absolute Gasteiger partial charge is 0.117 e. The molecule has 0 aliphatic heterocycles. The molecule has 1 heterocycles. The SMILES string of the molecule is C[C@H](NCc1n[nH]nc1-c1ccccc1)c1ccccc1. The summed E-state index contributed by atoms with van der Waals surface area (Å²) in [5, 5.41) is 14.7. The molecule has 0 bridgehead atoms. The van der Waals surface area contributed by atoms with Gasteiger partial charge in [0.05, 0.1) is 0 Å². The van der Waals surface area contributed by atoms with Crippen LogP contribution >= 0.6 is 0 Å². The zero-order valence-electron chi connectivity index (χ0n) is 12.0. The van der Waals surface area contributed by atoms with E-state index in [1.165, 1.54) is 5.56 Å². The topological polar surface area (TPSA) is 53.6 Å². The molecule has 0 spiro atoms. The molecule has 0 radical (unpaired) electrons. The van der Waals surface area contributed by atoms with Crippen LogP contribution in [-0.2, 0) is 6.54 Å². The van der Waals surface area contributed by atoms with Gasteiger partial charge in [0.1, 0.15) is 11.4 Å². The molecule has 1 atom stereocenters. The van der Waals surface area contributed by atoms with Crippen molar-refractivity contribution in [2.75, 3.05) is 0 Å². The maximum absolute atomic E-state index is 4.26. The van der Waals surface area contributed by atoms with Crippen molar-refractivity contribution < 1.29 is 0 Å². The van der Waals surface area contributed by atoms with Crippen molar-refractivity contribution in [1.29, 1.82) is 0 Å². The number of aromatic amines is 1. The summed E-state index contributed by atoms with van der Waals surface area (Å²) >= 11 is 0. The summed E-state index contributed by atoms with van der Waals surface area (Å²) in [6.45, 7) is 2.83. The molecular formula is C17H18N4. The largest absolute Gasteiger partial charge is 0.304 e. The van der Waals surface area contributed by atoms with Gasteiger partial charge in [-0.05, 0) is 12.5 Å². The molecule has 4 nitrogen and oxygen atoms in total. The summed E-state index contributed by atoms with van der Waals surface area (Å²) in [5.41, 5.74) is 4.19. The summed E-state index contributed by atoms with van der Waals surface area (Å²) in [7, 11) is 0. The number of benzene rings is 2. The van der Waals surface area contributed by atoms with Gasteiger partial charge in [-0.2, -0.15) is 15.4 Å². The highest BCUT2D eigenvalue weighted by Crippen LogP contribution is 2.20. The Balaban J connectivity index is 1.71. The van der Waals surface area contributed by atoms with E-state index in [-0.39, 0.29) is 6.04 Å². The van der Waals surface area contributed by atoms with Crippen molar-refractivity contribution in [3.05, 3.63) is 71.9 Å². The Morgan fingerprint density at radius 3 is 2.33 bits per heavy atom. The van der Waals surface area contributed by atoms with E-state index in [0.29, 0.717) is 6.54 Å². The average molecular weight is 278 g/mol. The third-order valence-corrected chi connectivity index (χ3v) is 3.54. The van der Waals surface area contributed by atoms with Crippen LogP contribution in [0.4, 0.5) is 0 Å². The van der Waals surface area contributed by atoms with Crippen LogP contribution in [0.1, 0.15) is 24.2 Å². The number of hydrogen-bond acceptors (Lipinski definition) is 3. The minimum Gasteiger partial charge on any atom is -0.304 e. The van der Waals surface area contributed by atoms with Crippen LogP contribution in [0.25, 0.3) is 11.3 Å². The Hall–Kier alpha value is -2.46. The third-order valence-electron chi connectivity index (χ3n) is 3.54. The van der Waals surface area contributed by atoms with Crippen LogP contribution in [0.15, 0.2) is 60.7 Å². The number of hydrogen-bond donors (Lipinski definition) is 2. The van der Waals surface area contributed by atoms with Crippen molar-refractivity contribution in [1.82, 2.24) is 20.7 Å². The molecule has 0 aliphatic carbocycles. The monoisotopic (exact) mass is 278 g/mol. The highest BCUT2D eigenvalue weighted by molar-refractivity contribution is 5.60. The number of H-pyrrole nitrogens is 1. The maximum atomic E-state index is 4.26. The summed E-state index contributed by atoms with van der Waals surface area (Å²) < 4.78 is 0. The van der Waals surface area contributed by atoms with Crippen molar-refractivity contribution >= 4 is 0 Å². The minimum atomic E-state index is 0.270. The van der Waals surface area contributed by atoms with Crippen LogP contribution in [-0.4, -0.2) is 15.4 Å². The average Bonchev–Trinajstić information content (AvgIpc) is 3.03. The summed E-state index contributed by atoms with van der Waals surface area (Å²) in [5.74, 6) is 0. The number of rotatable bonds is 5. The van der Waals surface area contributed by atoms with Crippen molar-refractivity contribution in [2.45, 2.75) is 19.5 Å². The summed E-state index contributed by atoms with van der Waals surface area (Å²) in [6, 6.07) is 20.8. The standard InChI is InChI=1S/C17H18N4/c1-13(14-8-4-2-5-9-14)18-12-16-17(20-21-19-16)15-10-6-3-7-11-15/h2-11,13,18H,12H2,1H3,(H,19,20,21)/t13-/m0/s1. The van der Waals surface area contributed by atoms with Gasteiger partial charge >= 0.3 is 0 Å². The van der Waals surface area contributed by atoms with Gasteiger partial charge in [-0.15, -0.1) is 0 Å². The van der Waals surface area contributed by atoms with E-state index in [4.69, 9.17) is 0 Å². The molecule has 3 aromatic rings. The van der Waals surface area contributed by atoms with Crippen molar-refractivity contribution in [2.24, 2.45) is 0 Å². The Kier molecular flexibility index (Phi) is 4.07. The lowest BCUT2D eigenvalue weighted by Gasteiger charge is -2.13. The summed E-state index contributed by atoms with van der Waals surface area (Å²) in [6.07, 6.45) is 0. The zero-order valence-corrected chi connectivity index (χ0v) is 12.0. The molecule has 2 aromatic carbocycles. The number of aromatic nitrogens is 3. The van der Waals surface area contributed by atoms with Gasteiger partial charge in [0.25, 0.3) is 0 Å². The van der Waals surface area contributed by atoms with Crippen LogP contribution in [0.2, 0.25) is 0 Å². The van der Waals surface area contributed by atoms with Crippen LogP contribution in [0.3, 0.4) is 0 Å². The molecule has 1 aromatic heterocycles. The van der Waals surface area contributed by atoms with Crippen LogP contribution < -0.4 is 5.32 Å². The van der Waals surface area contributed by atoms with E-state index in [2.05, 4.69) is 51.9 Å². The number of nitrogens with zero attached hydrogens (tertiary/aromatic N) is 2. The highest BCUT2D eigenvalue weighted by atomic mass is 15.3. The first-order chi connectivity index (χ1) is 10.3. The molecule has 2 N–H and O–H groups in total. The predicted octanol–water partition coefficient (Wildman–Crippen LogP) is 3.32. The zero-order chi connectivity index (χ0) is 14.5. The van der Waals surface area contributed by atoms with E-state index in [1.807, 2.05) is 36.4 Å². The van der Waals surface area contributed by atoms with Crippen molar-refractivity contribution in [3.63, 3.8) is 0 Å². The Morgan fingerprint density at radius 1 is 0.952 bits per heavy atom. The van der Waals surface area contributed by atoms with Gasteiger partial charge in [0, 0.05) is 18.2 Å². The van der Waals surface area contributed by atoms with Gasteiger partial charge in [0.2, 0.25) is 0 Å². The molecule has 0 unspecified atom stereocenters. The fraction of sp³-hybridized carbons (Fsp3) is 0.176. The quantitative estimate of drug-likeness (QED) is 0.752. The molecule has 0 saturated carbocycles. The first-order valence-electron chi connectivity index (χ1n) is 7.08. The fourth-order valence-corrected chi connectivity index (χ4v) is 2.31. The van der Waals surface area contributed by atoms with E-state index in [0.717, 1.165) is 17.0 Å². The second-order valence-corrected chi connectivity index (χ2v) is 5.00. The molecule has 21 heavy (non-hydrogen) atoms. The lowest BCUT2D eigenvalue weighted by atomic mass is 10.1. The van der Waals surface area contributed by atoms with Crippen LogP contribution in [0, 0.1) is 0 Å². The molecule has 0 saturated heterocycles. The van der Waals surface area contributed by atoms with Gasteiger partial charge in [0.15, 0.2) is 0 Å². The van der Waals surface area contributed by atoms with E-state index >= 15 is 0 Å². The van der Waals surface area contributed by atoms with Gasteiger partial charge in [-0.3, -0.25) is 0 Å². The third kappa shape index (κ3) is 3.17. The Labute approximate surface area is 124 Å². The highest BCUT2D eigenvalue weighted by Gasteiger charge is 2.11. The summed E-state index contributed by atoms with van der Waals surface area (Å²) in [4.78, 5) is 0. The first-order valence-corrected chi connectivity index (χ1v) is 7.08. The predicted molar refractivity (Wildman–Crippen MR) is 83.5 cm³/mol. The molecular weight excluding hydrogens is 260 g/mol. The number of nitrogens with one attached hydrogen (secondary N) is 2. The maximum Gasteiger partial charge on any atom is 0.117 e. The Bertz CT molecular complexity index is 676. The van der Waals surface area contributed by atoms with E-state index < -0.39 is 0 Å². The fourth-order valence-electron chi connectivity index (χ4n) is 2.31. The lowest BCUT2D eigenvalue weighted by molar-refractivity contribution is 0.567. The second kappa shape index (κ2) is 6.33. The van der Waals surface area contributed by atoms with Gasteiger partial charge < -0.3 is 5.32 Å². The molecule has 0 amide bonds. The minimum absolute atomic E-state index is 0.270. The molecule has 106 valence electrons. The molecule has 4 heteroatoms. The molecule has 0 fully saturated rings. The normalized spacial score (nSPS) is 12.2. The van der Waals surface area contributed by atoms with E-state index in [9.17, 15) is 0 Å². The molecule has 3 rings (SSSR count). The van der Waals surface area contributed by atoms with Crippen molar-refractivity contribution in [3.8, 4) is 11.3 Å². The molecule has 0 aliphatic rings. The van der Waals surface area contributed by atoms with Gasteiger partial charge in [-0.25, -0.2) is 0 Å². The Morgan fingerprint density at radius 2 is 1.62 bits per heavy atom. The van der Waals surface area contributed by atoms with Crippen LogP contribution in [0.5, 0.6) is 0 Å². The second-order valence-electron chi connectivity index (χ2n) is 5.00. The van der Waals surface area contributed by atoms with E-state index in [1.54, 1.807) is 0 Å². The van der Waals surface area contributed by atoms with Gasteiger partial charge in [-0.1, -0.05) is 60.7 Å².